The molecule has 1 aliphatic rings. The van der Waals surface area contributed by atoms with Gasteiger partial charge in [0, 0.05) is 31.7 Å². The summed E-state index contributed by atoms with van der Waals surface area (Å²) in [6.07, 6.45) is 3.73. The first-order valence-electron chi connectivity index (χ1n) is 9.61. The lowest BCUT2D eigenvalue weighted by atomic mass is 9.74. The molecule has 2 rings (SSSR count). The molecule has 0 saturated carbocycles. The highest BCUT2D eigenvalue weighted by atomic mass is 16.2. The maximum atomic E-state index is 12.3. The van der Waals surface area contributed by atoms with Gasteiger partial charge in [0.1, 0.15) is 0 Å². The van der Waals surface area contributed by atoms with Crippen molar-refractivity contribution in [1.29, 1.82) is 0 Å². The van der Waals surface area contributed by atoms with Crippen LogP contribution in [0.4, 0.5) is 4.79 Å². The number of nitrogens with one attached hydrogen (secondary N) is 1. The Bertz CT molecular complexity index is 622. The van der Waals surface area contributed by atoms with Crippen molar-refractivity contribution in [2.45, 2.75) is 25.7 Å². The van der Waals surface area contributed by atoms with E-state index in [2.05, 4.69) is 5.32 Å². The number of carbonyl (C=O) groups is 2. The summed E-state index contributed by atoms with van der Waals surface area (Å²) in [7, 11) is 3.98. The lowest BCUT2D eigenvalue weighted by Crippen LogP contribution is -2.50. The van der Waals surface area contributed by atoms with E-state index in [4.69, 9.17) is 11.5 Å². The molecule has 0 unspecified atom stereocenters. The van der Waals surface area contributed by atoms with Crippen molar-refractivity contribution in [2.24, 2.45) is 16.9 Å². The Kier molecular flexibility index (Phi) is 7.62. The Labute approximate surface area is 162 Å². The minimum Gasteiger partial charge on any atom is -0.366 e. The van der Waals surface area contributed by atoms with E-state index < -0.39 is 5.91 Å². The summed E-state index contributed by atoms with van der Waals surface area (Å²) in [6, 6.07) is 7.47. The number of nitrogens with zero attached hydrogens (tertiary/aromatic N) is 2. The number of rotatable bonds is 8. The van der Waals surface area contributed by atoms with E-state index in [1.165, 1.54) is 5.56 Å². The van der Waals surface area contributed by atoms with Gasteiger partial charge in [0.05, 0.1) is 0 Å². The first-order chi connectivity index (χ1) is 12.8. The Morgan fingerprint density at radius 2 is 1.81 bits per heavy atom. The zero-order chi connectivity index (χ0) is 19.9. The van der Waals surface area contributed by atoms with Gasteiger partial charge in [-0.1, -0.05) is 12.1 Å². The molecule has 1 aromatic carbocycles. The number of likely N-dealkylation sites (tertiary alicyclic amines) is 1. The molecular formula is C20H33N5O2. The smallest absolute Gasteiger partial charge is 0.317 e. The molecule has 7 nitrogen and oxygen atoms in total. The van der Waals surface area contributed by atoms with Crippen LogP contribution in [0.3, 0.4) is 0 Å². The minimum atomic E-state index is -0.406. The van der Waals surface area contributed by atoms with Gasteiger partial charge in [-0.3, -0.25) is 4.79 Å². The molecule has 0 aromatic heterocycles. The molecule has 0 aliphatic carbocycles. The molecule has 0 radical (unpaired) electrons. The van der Waals surface area contributed by atoms with Crippen LogP contribution in [0, 0.1) is 5.41 Å². The number of nitrogens with two attached hydrogens (primary N) is 2. The number of benzene rings is 1. The van der Waals surface area contributed by atoms with Crippen molar-refractivity contribution < 1.29 is 9.59 Å². The van der Waals surface area contributed by atoms with Crippen molar-refractivity contribution in [1.82, 2.24) is 15.1 Å². The first-order valence-corrected chi connectivity index (χ1v) is 9.61. The number of amides is 3. The molecule has 1 fully saturated rings. The molecule has 150 valence electrons. The normalized spacial score (nSPS) is 16.4. The fourth-order valence-electron chi connectivity index (χ4n) is 3.48. The van der Waals surface area contributed by atoms with Crippen molar-refractivity contribution in [3.05, 3.63) is 35.4 Å². The molecule has 1 aliphatic heterocycles. The summed E-state index contributed by atoms with van der Waals surface area (Å²) in [4.78, 5) is 27.4. The summed E-state index contributed by atoms with van der Waals surface area (Å²) in [6.45, 7) is 3.60. The van der Waals surface area contributed by atoms with Crippen LogP contribution in [-0.4, -0.2) is 68.6 Å². The standard InChI is InChI=1S/C20H33N5O2/c1-24(2)14-11-23-19(27)25-12-9-20(15-21,10-13-25)8-7-16-3-5-17(6-4-16)18(22)26/h3-6H,7-15,21H2,1-2H3,(H2,22,26)(H,23,27). The Morgan fingerprint density at radius 1 is 1.19 bits per heavy atom. The predicted molar refractivity (Wildman–Crippen MR) is 108 cm³/mol. The Hall–Kier alpha value is -2.12. The molecule has 3 amide bonds. The second-order valence-corrected chi connectivity index (χ2v) is 7.79. The van der Waals surface area contributed by atoms with E-state index in [1.807, 2.05) is 36.0 Å². The SMILES string of the molecule is CN(C)CCNC(=O)N1CCC(CN)(CCc2ccc(C(N)=O)cc2)CC1. The molecule has 1 aromatic rings. The number of primary amides is 1. The molecule has 27 heavy (non-hydrogen) atoms. The van der Waals surface area contributed by atoms with Crippen LogP contribution < -0.4 is 16.8 Å². The summed E-state index contributed by atoms with van der Waals surface area (Å²) in [5.41, 5.74) is 13.2. The quantitative estimate of drug-likeness (QED) is 0.631. The average Bonchev–Trinajstić information content (AvgIpc) is 2.66. The zero-order valence-electron chi connectivity index (χ0n) is 16.5. The minimum absolute atomic E-state index is 0.0181. The second-order valence-electron chi connectivity index (χ2n) is 7.79. The van der Waals surface area contributed by atoms with E-state index >= 15 is 0 Å². The first kappa shape index (κ1) is 21.2. The fourth-order valence-corrected chi connectivity index (χ4v) is 3.48. The number of hydrogen-bond donors (Lipinski definition) is 3. The van der Waals surface area contributed by atoms with Crippen molar-refractivity contribution in [3.8, 4) is 0 Å². The van der Waals surface area contributed by atoms with Gasteiger partial charge in [0.15, 0.2) is 0 Å². The van der Waals surface area contributed by atoms with Crippen molar-refractivity contribution >= 4 is 11.9 Å². The second kappa shape index (κ2) is 9.71. The van der Waals surface area contributed by atoms with Crippen LogP contribution in [-0.2, 0) is 6.42 Å². The van der Waals surface area contributed by atoms with E-state index in [-0.39, 0.29) is 11.4 Å². The fraction of sp³-hybridized carbons (Fsp3) is 0.600. The van der Waals surface area contributed by atoms with Crippen molar-refractivity contribution in [3.63, 3.8) is 0 Å². The molecule has 1 heterocycles. The van der Waals surface area contributed by atoms with E-state index in [0.29, 0.717) is 18.7 Å². The van der Waals surface area contributed by atoms with Gasteiger partial charge in [0.2, 0.25) is 5.91 Å². The maximum Gasteiger partial charge on any atom is 0.317 e. The molecule has 1 saturated heterocycles. The number of aryl methyl sites for hydroxylation is 1. The highest BCUT2D eigenvalue weighted by Gasteiger charge is 2.34. The predicted octanol–water partition coefficient (Wildman–Crippen LogP) is 1.03. The zero-order valence-corrected chi connectivity index (χ0v) is 16.5. The van der Waals surface area contributed by atoms with Gasteiger partial charge in [-0.2, -0.15) is 0 Å². The van der Waals surface area contributed by atoms with E-state index in [1.54, 1.807) is 12.1 Å². The van der Waals surface area contributed by atoms with Crippen LogP contribution in [0.2, 0.25) is 0 Å². The summed E-state index contributed by atoms with van der Waals surface area (Å²) < 4.78 is 0. The van der Waals surface area contributed by atoms with Crippen LogP contribution >= 0.6 is 0 Å². The number of urea groups is 1. The third-order valence-corrected chi connectivity index (χ3v) is 5.56. The van der Waals surface area contributed by atoms with Gasteiger partial charge in [-0.25, -0.2) is 4.79 Å². The number of likely N-dealkylation sites (N-methyl/N-ethyl adjacent to an activating group) is 1. The molecule has 0 atom stereocenters. The van der Waals surface area contributed by atoms with Crippen LogP contribution in [0.15, 0.2) is 24.3 Å². The van der Waals surface area contributed by atoms with Gasteiger partial charge in [0.25, 0.3) is 0 Å². The number of hydrogen-bond acceptors (Lipinski definition) is 4. The van der Waals surface area contributed by atoms with Gasteiger partial charge in [-0.05, 0) is 69.4 Å². The van der Waals surface area contributed by atoms with Gasteiger partial charge < -0.3 is 26.6 Å². The van der Waals surface area contributed by atoms with E-state index in [0.717, 1.165) is 45.3 Å². The largest absolute Gasteiger partial charge is 0.366 e. The van der Waals surface area contributed by atoms with Gasteiger partial charge in [-0.15, -0.1) is 0 Å². The lowest BCUT2D eigenvalue weighted by molar-refractivity contribution is 0.1000. The highest BCUT2D eigenvalue weighted by Crippen LogP contribution is 2.35. The summed E-state index contributed by atoms with van der Waals surface area (Å²) in [5.74, 6) is -0.406. The third-order valence-electron chi connectivity index (χ3n) is 5.56. The topological polar surface area (TPSA) is 105 Å². The molecule has 0 bridgehead atoms. The molecule has 7 heteroatoms. The average molecular weight is 376 g/mol. The van der Waals surface area contributed by atoms with Crippen molar-refractivity contribution in [2.75, 3.05) is 46.8 Å². The van der Waals surface area contributed by atoms with Crippen LogP contribution in [0.25, 0.3) is 0 Å². The highest BCUT2D eigenvalue weighted by molar-refractivity contribution is 5.92. The van der Waals surface area contributed by atoms with Crippen LogP contribution in [0.5, 0.6) is 0 Å². The summed E-state index contributed by atoms with van der Waals surface area (Å²) >= 11 is 0. The monoisotopic (exact) mass is 375 g/mol. The van der Waals surface area contributed by atoms with Gasteiger partial charge >= 0.3 is 6.03 Å². The van der Waals surface area contributed by atoms with Crippen LogP contribution in [0.1, 0.15) is 35.2 Å². The number of carbonyl (C=O) groups excluding carboxylic acids is 2. The number of piperidine rings is 1. The molecular weight excluding hydrogens is 342 g/mol. The Balaban J connectivity index is 1.82. The van der Waals surface area contributed by atoms with E-state index in [9.17, 15) is 9.59 Å². The summed E-state index contributed by atoms with van der Waals surface area (Å²) in [5, 5.41) is 2.98. The maximum absolute atomic E-state index is 12.3. The lowest BCUT2D eigenvalue weighted by Gasteiger charge is -2.41. The molecule has 0 spiro atoms. The molecule has 5 N–H and O–H groups in total. The third kappa shape index (κ3) is 6.22. The Morgan fingerprint density at radius 3 is 2.33 bits per heavy atom.